The topological polar surface area (TPSA) is 74.3 Å². The summed E-state index contributed by atoms with van der Waals surface area (Å²) in [6, 6.07) is 13.9. The van der Waals surface area contributed by atoms with Crippen molar-refractivity contribution in [3.05, 3.63) is 53.0 Å². The molecule has 0 unspecified atom stereocenters. The molecule has 0 amide bonds. The third-order valence-electron chi connectivity index (χ3n) is 4.04. The molecule has 0 aliphatic carbocycles. The van der Waals surface area contributed by atoms with Crippen LogP contribution in [0.5, 0.6) is 5.75 Å². The number of thiophene rings is 1. The second-order valence-electron chi connectivity index (χ2n) is 5.89. The summed E-state index contributed by atoms with van der Waals surface area (Å²) in [7, 11) is 5.67. The van der Waals surface area contributed by atoms with Crippen LogP contribution >= 0.6 is 11.3 Å². The molecule has 3 rings (SSSR count). The van der Waals surface area contributed by atoms with E-state index in [0.717, 1.165) is 16.2 Å². The van der Waals surface area contributed by atoms with Gasteiger partial charge in [-0.2, -0.15) is 10.2 Å². The summed E-state index contributed by atoms with van der Waals surface area (Å²) in [5.74, 6) is 1.67. The molecule has 1 N–H and O–H groups in total. The Balaban J connectivity index is 1.83. The first-order valence-corrected chi connectivity index (χ1v) is 9.00. The Morgan fingerprint density at radius 1 is 1.31 bits per heavy atom. The number of para-hydroxylation sites is 1. The quantitative estimate of drug-likeness (QED) is 0.679. The van der Waals surface area contributed by atoms with Gasteiger partial charge in [0.05, 0.1) is 18.0 Å². The van der Waals surface area contributed by atoms with E-state index in [1.54, 1.807) is 7.11 Å². The molecular formula is C19H20N4O2S. The van der Waals surface area contributed by atoms with Crippen LogP contribution in [0.15, 0.2) is 46.2 Å². The van der Waals surface area contributed by atoms with Gasteiger partial charge in [0.25, 0.3) is 0 Å². The van der Waals surface area contributed by atoms with Gasteiger partial charge >= 0.3 is 0 Å². The summed E-state index contributed by atoms with van der Waals surface area (Å²) >= 11 is 1.52. The number of likely N-dealkylation sites (N-methyl/N-ethyl adjacent to an activating group) is 1. The van der Waals surface area contributed by atoms with Gasteiger partial charge in [0.15, 0.2) is 0 Å². The van der Waals surface area contributed by atoms with Crippen molar-refractivity contribution in [3.63, 3.8) is 0 Å². The Morgan fingerprint density at radius 3 is 2.77 bits per heavy atom. The maximum absolute atomic E-state index is 9.36. The van der Waals surface area contributed by atoms with Gasteiger partial charge in [0.1, 0.15) is 11.8 Å². The SMILES string of the molecule is COc1ccccc1[C@@H](CNc1oc(-c2cccs2)nc1C#N)N(C)C. The first kappa shape index (κ1) is 18.0. The number of nitriles is 1. The van der Waals surface area contributed by atoms with E-state index in [-0.39, 0.29) is 11.7 Å². The molecule has 26 heavy (non-hydrogen) atoms. The fourth-order valence-electron chi connectivity index (χ4n) is 2.72. The Bertz CT molecular complexity index is 897. The molecule has 2 aromatic heterocycles. The van der Waals surface area contributed by atoms with E-state index in [1.165, 1.54) is 11.3 Å². The predicted molar refractivity (Wildman–Crippen MR) is 102 cm³/mol. The molecule has 2 heterocycles. The molecule has 0 aliphatic heterocycles. The molecule has 6 nitrogen and oxygen atoms in total. The maximum Gasteiger partial charge on any atom is 0.240 e. The van der Waals surface area contributed by atoms with Crippen LogP contribution in [0.25, 0.3) is 10.8 Å². The molecule has 1 aromatic carbocycles. The van der Waals surface area contributed by atoms with Crippen LogP contribution in [0.1, 0.15) is 17.3 Å². The number of aromatic nitrogens is 1. The van der Waals surface area contributed by atoms with E-state index >= 15 is 0 Å². The van der Waals surface area contributed by atoms with Gasteiger partial charge in [0.2, 0.25) is 17.5 Å². The summed E-state index contributed by atoms with van der Waals surface area (Å²) < 4.78 is 11.3. The highest BCUT2D eigenvalue weighted by atomic mass is 32.1. The normalized spacial score (nSPS) is 12.0. The molecule has 3 aromatic rings. The number of rotatable bonds is 7. The van der Waals surface area contributed by atoms with Crippen molar-refractivity contribution in [3.8, 4) is 22.6 Å². The monoisotopic (exact) mass is 368 g/mol. The van der Waals surface area contributed by atoms with Crippen molar-refractivity contribution in [2.75, 3.05) is 33.1 Å². The minimum Gasteiger partial charge on any atom is -0.496 e. The zero-order valence-corrected chi connectivity index (χ0v) is 15.7. The number of anilines is 1. The van der Waals surface area contributed by atoms with Gasteiger partial charge in [-0.15, -0.1) is 11.3 Å². The van der Waals surface area contributed by atoms with E-state index in [1.807, 2.05) is 55.9 Å². The van der Waals surface area contributed by atoms with E-state index in [9.17, 15) is 5.26 Å². The average Bonchev–Trinajstić information content (AvgIpc) is 3.31. The van der Waals surface area contributed by atoms with Crippen molar-refractivity contribution >= 4 is 17.2 Å². The fourth-order valence-corrected chi connectivity index (χ4v) is 3.37. The molecule has 134 valence electrons. The standard InChI is InChI=1S/C19H20N4O2S/c1-23(2)15(13-7-4-5-8-16(13)24-3)12-21-18-14(11-20)22-19(25-18)17-9-6-10-26-17/h4-10,15,21H,12H2,1-3H3/t15-/m1/s1. The molecule has 0 fully saturated rings. The molecule has 0 spiro atoms. The van der Waals surface area contributed by atoms with Gasteiger partial charge in [-0.3, -0.25) is 0 Å². The molecule has 0 saturated heterocycles. The van der Waals surface area contributed by atoms with Crippen molar-refractivity contribution in [2.45, 2.75) is 6.04 Å². The Hall–Kier alpha value is -2.82. The summed E-state index contributed by atoms with van der Waals surface area (Å²) in [4.78, 5) is 7.27. The van der Waals surface area contributed by atoms with Crippen LogP contribution in [0.2, 0.25) is 0 Å². The second-order valence-corrected chi connectivity index (χ2v) is 6.84. The lowest BCUT2D eigenvalue weighted by Gasteiger charge is -2.26. The minimum atomic E-state index is 0.0352. The predicted octanol–water partition coefficient (Wildman–Crippen LogP) is 4.00. The summed E-state index contributed by atoms with van der Waals surface area (Å²) in [5, 5.41) is 14.5. The highest BCUT2D eigenvalue weighted by Gasteiger charge is 2.21. The number of benzene rings is 1. The largest absolute Gasteiger partial charge is 0.496 e. The smallest absolute Gasteiger partial charge is 0.240 e. The van der Waals surface area contributed by atoms with Gasteiger partial charge < -0.3 is 19.4 Å². The van der Waals surface area contributed by atoms with Gasteiger partial charge in [-0.1, -0.05) is 24.3 Å². The van der Waals surface area contributed by atoms with Crippen LogP contribution in [0.4, 0.5) is 5.88 Å². The number of nitrogens with one attached hydrogen (secondary N) is 1. The van der Waals surface area contributed by atoms with Crippen LogP contribution < -0.4 is 10.1 Å². The Labute approximate surface area is 156 Å². The molecule has 1 atom stereocenters. The third-order valence-corrected chi connectivity index (χ3v) is 4.90. The molecule has 0 radical (unpaired) electrons. The second kappa shape index (κ2) is 8.04. The van der Waals surface area contributed by atoms with E-state index < -0.39 is 0 Å². The highest BCUT2D eigenvalue weighted by molar-refractivity contribution is 7.13. The van der Waals surface area contributed by atoms with Gasteiger partial charge in [0, 0.05) is 12.1 Å². The van der Waals surface area contributed by atoms with E-state index in [0.29, 0.717) is 18.3 Å². The number of methoxy groups -OCH3 is 1. The average molecular weight is 368 g/mol. The molecular weight excluding hydrogens is 348 g/mol. The van der Waals surface area contributed by atoms with Crippen LogP contribution in [-0.4, -0.2) is 37.6 Å². The van der Waals surface area contributed by atoms with E-state index in [2.05, 4.69) is 21.3 Å². The summed E-state index contributed by atoms with van der Waals surface area (Å²) in [6.45, 7) is 0.543. The first-order chi connectivity index (χ1) is 12.6. The number of nitrogens with zero attached hydrogens (tertiary/aromatic N) is 3. The first-order valence-electron chi connectivity index (χ1n) is 8.12. The number of hydrogen-bond donors (Lipinski definition) is 1. The summed E-state index contributed by atoms with van der Waals surface area (Å²) in [5.41, 5.74) is 1.31. The maximum atomic E-state index is 9.36. The zero-order chi connectivity index (χ0) is 18.5. The van der Waals surface area contributed by atoms with Crippen molar-refractivity contribution < 1.29 is 9.15 Å². The fraction of sp³-hybridized carbons (Fsp3) is 0.263. The van der Waals surface area contributed by atoms with Gasteiger partial charge in [-0.05, 0) is 31.6 Å². The van der Waals surface area contributed by atoms with Gasteiger partial charge in [-0.25, -0.2) is 0 Å². The zero-order valence-electron chi connectivity index (χ0n) is 14.9. The van der Waals surface area contributed by atoms with Crippen molar-refractivity contribution in [1.82, 2.24) is 9.88 Å². The van der Waals surface area contributed by atoms with Crippen LogP contribution in [-0.2, 0) is 0 Å². The van der Waals surface area contributed by atoms with Crippen LogP contribution in [0, 0.1) is 11.3 Å². The lowest BCUT2D eigenvalue weighted by molar-refractivity contribution is 0.299. The molecule has 7 heteroatoms. The number of oxazole rings is 1. The van der Waals surface area contributed by atoms with Crippen molar-refractivity contribution in [1.29, 1.82) is 5.26 Å². The molecule has 0 aliphatic rings. The highest BCUT2D eigenvalue weighted by Crippen LogP contribution is 2.31. The minimum absolute atomic E-state index is 0.0352. The molecule has 0 saturated carbocycles. The summed E-state index contributed by atoms with van der Waals surface area (Å²) in [6.07, 6.45) is 0. The van der Waals surface area contributed by atoms with E-state index in [4.69, 9.17) is 9.15 Å². The van der Waals surface area contributed by atoms with Crippen LogP contribution in [0.3, 0.4) is 0 Å². The lowest BCUT2D eigenvalue weighted by Crippen LogP contribution is -2.27. The number of hydrogen-bond acceptors (Lipinski definition) is 7. The Morgan fingerprint density at radius 2 is 2.12 bits per heavy atom. The lowest BCUT2D eigenvalue weighted by atomic mass is 10.0. The number of ether oxygens (including phenoxy) is 1. The molecule has 0 bridgehead atoms. The third kappa shape index (κ3) is 3.72. The Kier molecular flexibility index (Phi) is 5.56. The van der Waals surface area contributed by atoms with Crippen molar-refractivity contribution in [2.24, 2.45) is 0 Å².